The third-order valence-electron chi connectivity index (χ3n) is 5.92. The number of carboxylic acid groups (broad SMARTS) is 1. The van der Waals surface area contributed by atoms with Gasteiger partial charge in [-0.2, -0.15) is 16.7 Å². The van der Waals surface area contributed by atoms with Gasteiger partial charge in [-0.3, -0.25) is 0 Å². The van der Waals surface area contributed by atoms with Crippen LogP contribution in [0.5, 0.6) is 0 Å². The van der Waals surface area contributed by atoms with E-state index in [1.54, 1.807) is 12.1 Å². The van der Waals surface area contributed by atoms with Crippen LogP contribution in [0.15, 0.2) is 75.9 Å². The van der Waals surface area contributed by atoms with Crippen LogP contribution >= 0.6 is 11.8 Å². The third kappa shape index (κ3) is 5.13. The highest BCUT2D eigenvalue weighted by Gasteiger charge is 2.29. The summed E-state index contributed by atoms with van der Waals surface area (Å²) in [5, 5.41) is 15.9. The molecule has 5 rings (SSSR count). The number of hydrogen-bond acceptors (Lipinski definition) is 8. The minimum absolute atomic E-state index is 0.0944. The number of aromatic nitrogens is 2. The first-order chi connectivity index (χ1) is 17.6. The minimum Gasteiger partial charge on any atom is -0.480 e. The molecule has 2 heterocycles. The van der Waals surface area contributed by atoms with Gasteiger partial charge in [0.2, 0.25) is 0 Å². The first-order valence-corrected chi connectivity index (χ1v) is 12.5. The fourth-order valence-corrected chi connectivity index (χ4v) is 5.06. The van der Waals surface area contributed by atoms with E-state index >= 15 is 0 Å². The zero-order valence-corrected chi connectivity index (χ0v) is 19.9. The predicted molar refractivity (Wildman–Crippen MR) is 132 cm³/mol. The van der Waals surface area contributed by atoms with Crippen molar-refractivity contribution in [3.8, 4) is 22.8 Å². The second-order valence-electron chi connectivity index (χ2n) is 8.20. The van der Waals surface area contributed by atoms with Crippen molar-refractivity contribution in [1.29, 1.82) is 0 Å². The standard InChI is InChI=1S/C26H23N3O6S/c30-25(31)21(11-13-36-15-23-28-24(35-29-23)22-10-5-12-33-22)27-26(32)34-14-20-18-8-3-1-6-16(18)17-7-2-4-9-19(17)20/h1-10,12,20-21H,11,13-15H2,(H,27,32)(H,30,31). The number of rotatable bonds is 10. The topological polar surface area (TPSA) is 128 Å². The van der Waals surface area contributed by atoms with E-state index in [-0.39, 0.29) is 24.8 Å². The van der Waals surface area contributed by atoms with Gasteiger partial charge in [0, 0.05) is 5.92 Å². The highest BCUT2D eigenvalue weighted by Crippen LogP contribution is 2.44. The maximum Gasteiger partial charge on any atom is 0.407 e. The van der Waals surface area contributed by atoms with Crippen molar-refractivity contribution in [2.75, 3.05) is 12.4 Å². The Bertz CT molecular complexity index is 1310. The minimum atomic E-state index is -1.12. The molecule has 0 aliphatic heterocycles. The lowest BCUT2D eigenvalue weighted by atomic mass is 9.98. The second kappa shape index (κ2) is 10.7. The highest BCUT2D eigenvalue weighted by atomic mass is 32.2. The molecule has 1 unspecified atom stereocenters. The number of carbonyl (C=O) groups is 2. The number of hydrogen-bond donors (Lipinski definition) is 2. The monoisotopic (exact) mass is 505 g/mol. The van der Waals surface area contributed by atoms with Crippen LogP contribution in [-0.2, 0) is 15.3 Å². The van der Waals surface area contributed by atoms with Gasteiger partial charge < -0.3 is 24.1 Å². The van der Waals surface area contributed by atoms with Crippen LogP contribution in [0.25, 0.3) is 22.8 Å². The molecule has 1 atom stereocenters. The van der Waals surface area contributed by atoms with E-state index in [4.69, 9.17) is 13.7 Å². The smallest absolute Gasteiger partial charge is 0.407 e. The average Bonchev–Trinajstić information content (AvgIpc) is 3.64. The SMILES string of the molecule is O=C(NC(CCSCc1noc(-c2ccco2)n1)C(=O)O)OCC1c2ccccc2-c2ccccc21. The van der Waals surface area contributed by atoms with E-state index in [1.807, 2.05) is 36.4 Å². The van der Waals surface area contributed by atoms with Crippen LogP contribution in [0.3, 0.4) is 0 Å². The van der Waals surface area contributed by atoms with Crippen molar-refractivity contribution in [3.63, 3.8) is 0 Å². The van der Waals surface area contributed by atoms with Gasteiger partial charge in [0.1, 0.15) is 12.6 Å². The molecule has 0 spiro atoms. The summed E-state index contributed by atoms with van der Waals surface area (Å²) in [5.41, 5.74) is 4.43. The first kappa shape index (κ1) is 23.7. The number of carbonyl (C=O) groups excluding carboxylic acids is 1. The Hall–Kier alpha value is -4.05. The third-order valence-corrected chi connectivity index (χ3v) is 6.90. The molecule has 0 radical (unpaired) electrons. The van der Waals surface area contributed by atoms with Gasteiger partial charge >= 0.3 is 12.1 Å². The quantitative estimate of drug-likeness (QED) is 0.288. The summed E-state index contributed by atoms with van der Waals surface area (Å²) < 4.78 is 15.8. The van der Waals surface area contributed by atoms with Crippen molar-refractivity contribution in [1.82, 2.24) is 15.5 Å². The summed E-state index contributed by atoms with van der Waals surface area (Å²) in [6.45, 7) is 0.122. The molecule has 0 saturated carbocycles. The van der Waals surface area contributed by atoms with Gasteiger partial charge in [-0.05, 0) is 46.6 Å². The van der Waals surface area contributed by atoms with Crippen molar-refractivity contribution in [3.05, 3.63) is 83.9 Å². The van der Waals surface area contributed by atoms with E-state index in [0.29, 0.717) is 23.1 Å². The van der Waals surface area contributed by atoms with Gasteiger partial charge in [0.25, 0.3) is 5.89 Å². The lowest BCUT2D eigenvalue weighted by Gasteiger charge is -2.17. The number of furan rings is 1. The van der Waals surface area contributed by atoms with Crippen LogP contribution in [0, 0.1) is 0 Å². The highest BCUT2D eigenvalue weighted by molar-refractivity contribution is 7.98. The summed E-state index contributed by atoms with van der Waals surface area (Å²) in [4.78, 5) is 28.4. The van der Waals surface area contributed by atoms with Crippen LogP contribution in [0.4, 0.5) is 4.79 Å². The van der Waals surface area contributed by atoms with E-state index in [9.17, 15) is 14.7 Å². The number of alkyl carbamates (subject to hydrolysis) is 1. The molecule has 0 fully saturated rings. The zero-order valence-electron chi connectivity index (χ0n) is 19.1. The van der Waals surface area contributed by atoms with Crippen LogP contribution in [-0.4, -0.2) is 45.7 Å². The molecule has 9 nitrogen and oxygen atoms in total. The molecule has 0 bridgehead atoms. The molecule has 10 heteroatoms. The molecule has 4 aromatic rings. The Balaban J connectivity index is 1.11. The summed E-state index contributed by atoms with van der Waals surface area (Å²) in [6, 6.07) is 18.4. The van der Waals surface area contributed by atoms with E-state index in [2.05, 4.69) is 27.6 Å². The number of thioether (sulfide) groups is 1. The van der Waals surface area contributed by atoms with E-state index in [0.717, 1.165) is 22.3 Å². The fourth-order valence-electron chi connectivity index (χ4n) is 4.22. The van der Waals surface area contributed by atoms with E-state index < -0.39 is 18.1 Å². The molecule has 184 valence electrons. The number of carboxylic acids is 1. The Labute approximate surface area is 210 Å². The lowest BCUT2D eigenvalue weighted by Crippen LogP contribution is -2.41. The van der Waals surface area contributed by atoms with Crippen molar-refractivity contribution in [2.24, 2.45) is 0 Å². The molecule has 2 N–H and O–H groups in total. The summed E-state index contributed by atoms with van der Waals surface area (Å²) in [7, 11) is 0. The number of aliphatic carboxylic acids is 1. The summed E-state index contributed by atoms with van der Waals surface area (Å²) >= 11 is 1.44. The molecule has 1 amide bonds. The molecular weight excluding hydrogens is 482 g/mol. The van der Waals surface area contributed by atoms with Gasteiger partial charge in [-0.15, -0.1) is 0 Å². The van der Waals surface area contributed by atoms with Crippen LogP contribution in [0.2, 0.25) is 0 Å². The lowest BCUT2D eigenvalue weighted by molar-refractivity contribution is -0.139. The van der Waals surface area contributed by atoms with Crippen molar-refractivity contribution < 1.29 is 28.4 Å². The normalized spacial score (nSPS) is 13.1. The van der Waals surface area contributed by atoms with Gasteiger partial charge in [0.15, 0.2) is 11.6 Å². The molecular formula is C26H23N3O6S. The van der Waals surface area contributed by atoms with E-state index in [1.165, 1.54) is 18.0 Å². The Morgan fingerprint density at radius 3 is 2.44 bits per heavy atom. The zero-order chi connectivity index (χ0) is 24.9. The van der Waals surface area contributed by atoms with Crippen LogP contribution < -0.4 is 5.32 Å². The van der Waals surface area contributed by atoms with Crippen molar-refractivity contribution in [2.45, 2.75) is 24.1 Å². The molecule has 2 aromatic heterocycles. The fraction of sp³-hybridized carbons (Fsp3) is 0.231. The number of nitrogens with one attached hydrogen (secondary N) is 1. The number of fused-ring (bicyclic) bond motifs is 3. The second-order valence-corrected chi connectivity index (χ2v) is 9.30. The number of ether oxygens (including phenoxy) is 1. The molecule has 1 aliphatic carbocycles. The Morgan fingerprint density at radius 2 is 1.78 bits per heavy atom. The van der Waals surface area contributed by atoms with Crippen molar-refractivity contribution >= 4 is 23.8 Å². The predicted octanol–water partition coefficient (Wildman–Crippen LogP) is 4.94. The van der Waals surface area contributed by atoms with Gasteiger partial charge in [0.05, 0.1) is 12.0 Å². The number of amides is 1. The summed E-state index contributed by atoms with van der Waals surface area (Å²) in [6.07, 6.45) is 0.979. The largest absolute Gasteiger partial charge is 0.480 e. The molecule has 0 saturated heterocycles. The maximum atomic E-state index is 12.5. The summed E-state index contributed by atoms with van der Waals surface area (Å²) in [5.74, 6) is 0.926. The van der Waals surface area contributed by atoms with Crippen LogP contribution in [0.1, 0.15) is 29.3 Å². The first-order valence-electron chi connectivity index (χ1n) is 11.4. The number of benzene rings is 2. The molecule has 36 heavy (non-hydrogen) atoms. The average molecular weight is 506 g/mol. The number of nitrogens with zero attached hydrogens (tertiary/aromatic N) is 2. The van der Waals surface area contributed by atoms with Gasteiger partial charge in [-0.25, -0.2) is 9.59 Å². The van der Waals surface area contributed by atoms with Gasteiger partial charge in [-0.1, -0.05) is 53.7 Å². The Morgan fingerprint density at radius 1 is 1.06 bits per heavy atom. The Kier molecular flexibility index (Phi) is 7.03. The maximum absolute atomic E-state index is 12.5. The molecule has 2 aromatic carbocycles. The molecule has 1 aliphatic rings.